The van der Waals surface area contributed by atoms with Crippen molar-refractivity contribution in [1.82, 2.24) is 4.98 Å². The van der Waals surface area contributed by atoms with Crippen molar-refractivity contribution >= 4 is 79.1 Å². The Bertz CT molecular complexity index is 1550. The van der Waals surface area contributed by atoms with Crippen LogP contribution in [-0.4, -0.2) is 41.4 Å². The third kappa shape index (κ3) is 4.00. The summed E-state index contributed by atoms with van der Waals surface area (Å²) in [5.41, 5.74) is 5.62. The number of hydrogen-bond donors (Lipinski definition) is 0. The van der Waals surface area contributed by atoms with E-state index in [1.54, 1.807) is 11.8 Å². The van der Waals surface area contributed by atoms with Crippen LogP contribution in [0.5, 0.6) is 0 Å². The van der Waals surface area contributed by atoms with E-state index in [2.05, 4.69) is 35.2 Å². The number of hydrogen-bond acceptors (Lipinski definition) is 7. The van der Waals surface area contributed by atoms with E-state index in [-0.39, 0.29) is 5.91 Å². The molecule has 0 saturated carbocycles. The van der Waals surface area contributed by atoms with E-state index in [0.717, 1.165) is 38.4 Å². The normalized spacial score (nSPS) is 20.5. The SMILES string of the molecule is CC1=NN(c2cccc(Cl)c2)C2(SCC(=O)N2c2nc3ccccc3s2)/C1=C\c1ccc(N(C)C)cc1. The molecule has 3 aromatic carbocycles. The van der Waals surface area contributed by atoms with Crippen LogP contribution < -0.4 is 14.8 Å². The van der Waals surface area contributed by atoms with Crippen LogP contribution in [0.1, 0.15) is 12.5 Å². The number of fused-ring (bicyclic) bond motifs is 1. The fourth-order valence-corrected chi connectivity index (χ4v) is 7.38. The van der Waals surface area contributed by atoms with Crippen molar-refractivity contribution in [3.05, 3.63) is 89.0 Å². The van der Waals surface area contributed by atoms with E-state index >= 15 is 0 Å². The van der Waals surface area contributed by atoms with Crippen LogP contribution in [0, 0.1) is 0 Å². The van der Waals surface area contributed by atoms with Gasteiger partial charge in [-0.15, -0.1) is 0 Å². The number of carbonyl (C=O) groups is 1. The monoisotopic (exact) mass is 545 g/mol. The van der Waals surface area contributed by atoms with Gasteiger partial charge in [-0.25, -0.2) is 14.9 Å². The molecule has 1 amide bonds. The molecular weight excluding hydrogens is 522 g/mol. The molecule has 6 nitrogen and oxygen atoms in total. The van der Waals surface area contributed by atoms with Gasteiger partial charge in [0.2, 0.25) is 10.9 Å². The number of aromatic nitrogens is 1. The minimum absolute atomic E-state index is 0.00478. The highest BCUT2D eigenvalue weighted by molar-refractivity contribution is 8.02. The Labute approximate surface area is 228 Å². The molecule has 2 aliphatic heterocycles. The van der Waals surface area contributed by atoms with Gasteiger partial charge in [-0.1, -0.05) is 65.0 Å². The van der Waals surface area contributed by atoms with Gasteiger partial charge in [0.05, 0.1) is 27.4 Å². The predicted molar refractivity (Wildman–Crippen MR) is 158 cm³/mol. The number of para-hydroxylation sites is 1. The molecule has 1 aromatic heterocycles. The molecular formula is C28H24ClN5OS2. The lowest BCUT2D eigenvalue weighted by Gasteiger charge is -2.40. The Morgan fingerprint density at radius 1 is 1.05 bits per heavy atom. The summed E-state index contributed by atoms with van der Waals surface area (Å²) in [5.74, 6) is 0.307. The Balaban J connectivity index is 1.56. The summed E-state index contributed by atoms with van der Waals surface area (Å²) < 4.78 is 1.03. The first-order chi connectivity index (χ1) is 17.9. The number of anilines is 3. The number of thiazole rings is 1. The summed E-state index contributed by atoms with van der Waals surface area (Å²) in [6.07, 6.45) is 2.13. The molecule has 9 heteroatoms. The molecule has 186 valence electrons. The van der Waals surface area contributed by atoms with Crippen molar-refractivity contribution in [2.75, 3.05) is 34.7 Å². The summed E-state index contributed by atoms with van der Waals surface area (Å²) in [5, 5.41) is 8.19. The molecule has 1 fully saturated rings. The van der Waals surface area contributed by atoms with E-state index < -0.39 is 4.99 Å². The fraction of sp³-hybridized carbons (Fsp3) is 0.179. The Morgan fingerprint density at radius 3 is 2.57 bits per heavy atom. The zero-order chi connectivity index (χ0) is 25.7. The molecule has 0 aliphatic carbocycles. The Morgan fingerprint density at radius 2 is 1.84 bits per heavy atom. The van der Waals surface area contributed by atoms with Crippen LogP contribution in [0.4, 0.5) is 16.5 Å². The van der Waals surface area contributed by atoms with Gasteiger partial charge in [-0.3, -0.25) is 4.79 Å². The van der Waals surface area contributed by atoms with E-state index in [0.29, 0.717) is 15.9 Å². The molecule has 6 rings (SSSR count). The van der Waals surface area contributed by atoms with E-state index in [4.69, 9.17) is 21.7 Å². The van der Waals surface area contributed by atoms with E-state index in [1.807, 2.05) is 79.5 Å². The number of hydrazone groups is 1. The smallest absolute Gasteiger partial charge is 0.241 e. The van der Waals surface area contributed by atoms with Crippen LogP contribution in [0.3, 0.4) is 0 Å². The van der Waals surface area contributed by atoms with Gasteiger partial charge >= 0.3 is 0 Å². The summed E-state index contributed by atoms with van der Waals surface area (Å²) >= 11 is 9.48. The summed E-state index contributed by atoms with van der Waals surface area (Å²) in [4.78, 5) is 21.5. The van der Waals surface area contributed by atoms with Crippen molar-refractivity contribution in [3.8, 4) is 0 Å². The van der Waals surface area contributed by atoms with Crippen molar-refractivity contribution in [3.63, 3.8) is 0 Å². The Kier molecular flexibility index (Phi) is 5.98. The lowest BCUT2D eigenvalue weighted by Crippen LogP contribution is -2.54. The van der Waals surface area contributed by atoms with Gasteiger partial charge in [0.15, 0.2) is 5.13 Å². The minimum atomic E-state index is -0.931. The van der Waals surface area contributed by atoms with Gasteiger partial charge in [0.25, 0.3) is 0 Å². The quantitative estimate of drug-likeness (QED) is 0.284. The fourth-order valence-electron chi connectivity index (χ4n) is 4.70. The molecule has 4 aromatic rings. The molecule has 0 radical (unpaired) electrons. The largest absolute Gasteiger partial charge is 0.378 e. The first kappa shape index (κ1) is 24.0. The molecule has 0 bridgehead atoms. The summed E-state index contributed by atoms with van der Waals surface area (Å²) in [6.45, 7) is 1.99. The lowest BCUT2D eigenvalue weighted by atomic mass is 10.0. The van der Waals surface area contributed by atoms with Gasteiger partial charge in [0.1, 0.15) is 0 Å². The number of rotatable bonds is 4. The van der Waals surface area contributed by atoms with E-state index in [1.165, 1.54) is 11.3 Å². The molecule has 37 heavy (non-hydrogen) atoms. The van der Waals surface area contributed by atoms with Gasteiger partial charge < -0.3 is 4.90 Å². The highest BCUT2D eigenvalue weighted by Crippen LogP contribution is 2.54. The molecule has 3 heterocycles. The van der Waals surface area contributed by atoms with Crippen molar-refractivity contribution < 1.29 is 4.79 Å². The first-order valence-corrected chi connectivity index (χ1v) is 14.0. The average molecular weight is 546 g/mol. The minimum Gasteiger partial charge on any atom is -0.378 e. The topological polar surface area (TPSA) is 52.0 Å². The summed E-state index contributed by atoms with van der Waals surface area (Å²) in [6, 6.07) is 23.9. The first-order valence-electron chi connectivity index (χ1n) is 11.8. The molecule has 1 spiro atoms. The highest BCUT2D eigenvalue weighted by Gasteiger charge is 2.59. The zero-order valence-electron chi connectivity index (χ0n) is 20.6. The number of benzene rings is 3. The maximum absolute atomic E-state index is 13.6. The van der Waals surface area contributed by atoms with E-state index in [9.17, 15) is 4.79 Å². The van der Waals surface area contributed by atoms with Crippen molar-refractivity contribution in [2.45, 2.75) is 11.9 Å². The second kappa shape index (κ2) is 9.20. The second-order valence-electron chi connectivity index (χ2n) is 9.11. The number of halogens is 1. The molecule has 1 atom stereocenters. The molecule has 1 unspecified atom stereocenters. The van der Waals surface area contributed by atoms with Crippen LogP contribution in [0.15, 0.2) is 83.5 Å². The van der Waals surface area contributed by atoms with Crippen LogP contribution in [0.2, 0.25) is 5.02 Å². The maximum Gasteiger partial charge on any atom is 0.241 e. The standard InChI is InChI=1S/C28H24ClN5OS2/c1-18-23(15-19-11-13-21(14-12-19)32(2)3)28(34(31-18)22-8-6-7-20(29)16-22)33(26(35)17-36-28)27-30-24-9-4-5-10-25(24)37-27/h4-16H,17H2,1-3H3/b23-15-. The summed E-state index contributed by atoms with van der Waals surface area (Å²) in [7, 11) is 4.05. The van der Waals surface area contributed by atoms with Gasteiger partial charge in [0, 0.05) is 30.4 Å². The van der Waals surface area contributed by atoms with Crippen LogP contribution >= 0.6 is 34.7 Å². The van der Waals surface area contributed by atoms with Crippen LogP contribution in [-0.2, 0) is 4.79 Å². The van der Waals surface area contributed by atoms with Crippen molar-refractivity contribution in [1.29, 1.82) is 0 Å². The number of nitrogens with zero attached hydrogens (tertiary/aromatic N) is 5. The second-order valence-corrected chi connectivity index (χ2v) is 11.7. The molecule has 0 N–H and O–H groups in total. The molecule has 1 saturated heterocycles. The van der Waals surface area contributed by atoms with Gasteiger partial charge in [-0.2, -0.15) is 5.10 Å². The average Bonchev–Trinajstić information content (AvgIpc) is 3.54. The Hall–Kier alpha value is -3.33. The lowest BCUT2D eigenvalue weighted by molar-refractivity contribution is -0.116. The number of amides is 1. The number of carbonyl (C=O) groups excluding carboxylic acids is 1. The van der Waals surface area contributed by atoms with Crippen LogP contribution in [0.25, 0.3) is 16.3 Å². The van der Waals surface area contributed by atoms with Gasteiger partial charge in [-0.05, 0) is 61.0 Å². The zero-order valence-corrected chi connectivity index (χ0v) is 22.9. The molecule has 2 aliphatic rings. The third-order valence-corrected chi connectivity index (χ3v) is 9.10. The third-order valence-electron chi connectivity index (χ3n) is 6.47. The highest BCUT2D eigenvalue weighted by atomic mass is 35.5. The maximum atomic E-state index is 13.6. The number of thioether (sulfide) groups is 1. The predicted octanol–water partition coefficient (Wildman–Crippen LogP) is 6.73. The van der Waals surface area contributed by atoms with Crippen molar-refractivity contribution in [2.24, 2.45) is 5.10 Å².